The summed E-state index contributed by atoms with van der Waals surface area (Å²) in [7, 11) is 0. The third-order valence-corrected chi connectivity index (χ3v) is 2.10. The van der Waals surface area contributed by atoms with E-state index in [-0.39, 0.29) is 29.6 Å². The Balaban J connectivity index is 0. The van der Waals surface area contributed by atoms with Crippen LogP contribution in [0.5, 0.6) is 0 Å². The molecule has 0 amide bonds. The van der Waals surface area contributed by atoms with E-state index in [1.807, 2.05) is 0 Å². The molecular weight excluding hydrogens is 187 g/mol. The largest absolute Gasteiger partial charge is 1.00 e. The van der Waals surface area contributed by atoms with Gasteiger partial charge in [0.25, 0.3) is 0 Å². The Morgan fingerprint density at radius 3 is 2.50 bits per heavy atom. The fourth-order valence-electron chi connectivity index (χ4n) is 1.26. The van der Waals surface area contributed by atoms with Crippen LogP contribution in [0.4, 0.5) is 0 Å². The van der Waals surface area contributed by atoms with E-state index in [0.29, 0.717) is 12.8 Å². The zero-order chi connectivity index (χ0) is 10.1. The van der Waals surface area contributed by atoms with Crippen LogP contribution in [0.2, 0.25) is 0 Å². The minimum atomic E-state index is -1.01. The Kier molecular flexibility index (Phi) is 13.1. The van der Waals surface area contributed by atoms with E-state index in [2.05, 4.69) is 12.8 Å². The molecule has 0 bridgehead atoms. The number of unbranched alkanes of at least 4 members (excludes halogenated alkanes) is 3. The second kappa shape index (κ2) is 11.1. The molecule has 3 heteroatoms. The van der Waals surface area contributed by atoms with Crippen molar-refractivity contribution in [2.75, 3.05) is 0 Å². The van der Waals surface area contributed by atoms with Crippen molar-refractivity contribution in [3.8, 4) is 12.3 Å². The van der Waals surface area contributed by atoms with Crippen molar-refractivity contribution in [3.05, 3.63) is 0 Å². The molecule has 1 unspecified atom stereocenters. The molecule has 0 spiro atoms. The van der Waals surface area contributed by atoms with Gasteiger partial charge in [-0.1, -0.05) is 32.6 Å². The smallest absolute Gasteiger partial charge is 0.550 e. The van der Waals surface area contributed by atoms with Crippen LogP contribution in [0.1, 0.15) is 45.4 Å². The molecule has 0 aliphatic heterocycles. The number of hydrogen-bond acceptors (Lipinski definition) is 2. The van der Waals surface area contributed by atoms with E-state index in [0.717, 1.165) is 25.7 Å². The predicted molar refractivity (Wildman–Crippen MR) is 50.7 cm³/mol. The number of carboxylic acid groups (broad SMARTS) is 1. The zero-order valence-corrected chi connectivity index (χ0v) is 11.2. The van der Waals surface area contributed by atoms with Gasteiger partial charge in [-0.05, 0) is 6.42 Å². The summed E-state index contributed by atoms with van der Waals surface area (Å²) < 4.78 is 0. The number of carbonyl (C=O) groups is 1. The van der Waals surface area contributed by atoms with Gasteiger partial charge in [-0.3, -0.25) is 0 Å². The van der Waals surface area contributed by atoms with Crippen molar-refractivity contribution in [2.45, 2.75) is 45.4 Å². The molecule has 2 nitrogen and oxygen atoms in total. The molecule has 0 aliphatic rings. The maximum absolute atomic E-state index is 10.5. The van der Waals surface area contributed by atoms with E-state index in [9.17, 15) is 9.90 Å². The van der Waals surface area contributed by atoms with Gasteiger partial charge in [0.05, 0.1) is 0 Å². The summed E-state index contributed by atoms with van der Waals surface area (Å²) >= 11 is 0. The molecule has 74 valence electrons. The molecule has 14 heavy (non-hydrogen) atoms. The van der Waals surface area contributed by atoms with Crippen molar-refractivity contribution in [2.24, 2.45) is 5.92 Å². The molecule has 0 rings (SSSR count). The van der Waals surface area contributed by atoms with Crippen LogP contribution < -0.4 is 34.7 Å². The van der Waals surface area contributed by atoms with Gasteiger partial charge < -0.3 is 9.90 Å². The van der Waals surface area contributed by atoms with E-state index >= 15 is 0 Å². The molecule has 0 saturated heterocycles. The second-order valence-electron chi connectivity index (χ2n) is 3.27. The number of hydrogen-bond donors (Lipinski definition) is 0. The van der Waals surface area contributed by atoms with Crippen molar-refractivity contribution in [3.63, 3.8) is 0 Å². The molecule has 0 saturated carbocycles. The van der Waals surface area contributed by atoms with Crippen LogP contribution in [0.25, 0.3) is 0 Å². The van der Waals surface area contributed by atoms with Crippen LogP contribution >= 0.6 is 0 Å². The fourth-order valence-corrected chi connectivity index (χ4v) is 1.26. The average Bonchev–Trinajstić information content (AvgIpc) is 2.10. The maximum atomic E-state index is 10.5. The molecule has 0 heterocycles. The standard InChI is InChI=1S/C11H18O2.Na/c1-3-5-6-7-9-10(8-4-2)11(12)13;/h2,10H,3,5-9H2,1H3,(H,12,13);/q;+1/p-1. The van der Waals surface area contributed by atoms with Gasteiger partial charge in [-0.25, -0.2) is 0 Å². The van der Waals surface area contributed by atoms with Gasteiger partial charge in [0.2, 0.25) is 0 Å². The Morgan fingerprint density at radius 2 is 2.07 bits per heavy atom. The molecule has 0 aromatic heterocycles. The van der Waals surface area contributed by atoms with Crippen LogP contribution in [0.15, 0.2) is 0 Å². The van der Waals surface area contributed by atoms with Crippen molar-refractivity contribution < 1.29 is 39.5 Å². The van der Waals surface area contributed by atoms with Crippen LogP contribution in [0.3, 0.4) is 0 Å². The zero-order valence-electron chi connectivity index (χ0n) is 9.21. The molecule has 0 radical (unpaired) electrons. The SMILES string of the molecule is C#CCC(CCCCCC)C(=O)[O-].[Na+]. The first-order valence-electron chi connectivity index (χ1n) is 4.86. The minimum Gasteiger partial charge on any atom is -0.550 e. The van der Waals surface area contributed by atoms with Crippen LogP contribution in [0, 0.1) is 18.3 Å². The molecule has 0 aromatic rings. The topological polar surface area (TPSA) is 40.1 Å². The van der Waals surface area contributed by atoms with E-state index in [1.165, 1.54) is 0 Å². The van der Waals surface area contributed by atoms with Gasteiger partial charge >= 0.3 is 29.6 Å². The molecule has 1 atom stereocenters. The molecule has 0 fully saturated rings. The van der Waals surface area contributed by atoms with Gasteiger partial charge in [-0.2, -0.15) is 0 Å². The predicted octanol–water partition coefficient (Wildman–Crippen LogP) is -1.65. The average molecular weight is 204 g/mol. The van der Waals surface area contributed by atoms with Crippen molar-refractivity contribution >= 4 is 5.97 Å². The number of rotatable bonds is 7. The Morgan fingerprint density at radius 1 is 1.43 bits per heavy atom. The van der Waals surface area contributed by atoms with Crippen LogP contribution in [-0.2, 0) is 4.79 Å². The summed E-state index contributed by atoms with van der Waals surface area (Å²) in [5.74, 6) is 0.921. The number of carboxylic acids is 1. The monoisotopic (exact) mass is 204 g/mol. The summed E-state index contributed by atoms with van der Waals surface area (Å²) in [5.41, 5.74) is 0. The third kappa shape index (κ3) is 8.62. The van der Waals surface area contributed by atoms with Gasteiger partial charge in [-0.15, -0.1) is 12.3 Å². The van der Waals surface area contributed by atoms with Crippen molar-refractivity contribution in [1.82, 2.24) is 0 Å². The Labute approximate surface area is 109 Å². The first-order valence-corrected chi connectivity index (χ1v) is 4.86. The molecule has 0 aromatic carbocycles. The Hall–Kier alpha value is 0.0300. The summed E-state index contributed by atoms with van der Waals surface area (Å²) in [4.78, 5) is 10.5. The van der Waals surface area contributed by atoms with E-state index < -0.39 is 11.9 Å². The molecular formula is C11H17NaO2. The number of aliphatic carboxylic acids is 1. The van der Waals surface area contributed by atoms with Gasteiger partial charge in [0, 0.05) is 18.3 Å². The fraction of sp³-hybridized carbons (Fsp3) is 0.727. The normalized spacial score (nSPS) is 11.1. The quantitative estimate of drug-likeness (QED) is 0.283. The van der Waals surface area contributed by atoms with Gasteiger partial charge in [0.15, 0.2) is 0 Å². The molecule has 0 aliphatic carbocycles. The summed E-state index contributed by atoms with van der Waals surface area (Å²) in [5, 5.41) is 10.5. The van der Waals surface area contributed by atoms with E-state index in [4.69, 9.17) is 6.42 Å². The number of terminal acetylenes is 1. The summed E-state index contributed by atoms with van der Waals surface area (Å²) in [6.07, 6.45) is 10.4. The third-order valence-electron chi connectivity index (χ3n) is 2.10. The minimum absolute atomic E-state index is 0. The first kappa shape index (κ1) is 16.5. The Bertz CT molecular complexity index is 184. The summed E-state index contributed by atoms with van der Waals surface area (Å²) in [6, 6.07) is 0. The van der Waals surface area contributed by atoms with Crippen LogP contribution in [-0.4, -0.2) is 5.97 Å². The maximum Gasteiger partial charge on any atom is 1.00 e. The second-order valence-corrected chi connectivity index (χ2v) is 3.27. The van der Waals surface area contributed by atoms with E-state index in [1.54, 1.807) is 0 Å². The molecule has 0 N–H and O–H groups in total. The number of carbonyl (C=O) groups excluding carboxylic acids is 1. The van der Waals surface area contributed by atoms with Gasteiger partial charge in [0.1, 0.15) is 0 Å². The van der Waals surface area contributed by atoms with Crippen molar-refractivity contribution in [1.29, 1.82) is 0 Å². The summed E-state index contributed by atoms with van der Waals surface area (Å²) in [6.45, 7) is 2.12. The first-order chi connectivity index (χ1) is 6.22.